The number of amides is 1. The first-order chi connectivity index (χ1) is 12.6. The maximum atomic E-state index is 12.5. The Labute approximate surface area is 156 Å². The van der Waals surface area contributed by atoms with E-state index in [-0.39, 0.29) is 11.8 Å². The average Bonchev–Trinajstić information content (AvgIpc) is 2.69. The number of rotatable bonds is 8. The second-order valence-corrected chi connectivity index (χ2v) is 7.10. The number of esters is 1. The molecule has 1 aromatic rings. The van der Waals surface area contributed by atoms with Crippen LogP contribution in [0, 0.1) is 11.8 Å². The van der Waals surface area contributed by atoms with Crippen molar-refractivity contribution in [2.45, 2.75) is 58.4 Å². The second kappa shape index (κ2) is 10.2. The lowest BCUT2D eigenvalue weighted by atomic mass is 9.79. The molecule has 0 saturated heterocycles. The molecular weight excluding hydrogens is 330 g/mol. The molecule has 0 bridgehead atoms. The summed E-state index contributed by atoms with van der Waals surface area (Å²) in [7, 11) is 2.85. The van der Waals surface area contributed by atoms with E-state index in [0.29, 0.717) is 17.9 Å². The molecule has 1 aliphatic carbocycles. The zero-order valence-electron chi connectivity index (χ0n) is 16.2. The number of benzene rings is 1. The van der Waals surface area contributed by atoms with Gasteiger partial charge in [-0.05, 0) is 49.3 Å². The van der Waals surface area contributed by atoms with Crippen molar-refractivity contribution in [3.8, 4) is 5.75 Å². The minimum Gasteiger partial charge on any atom is -0.496 e. The first kappa shape index (κ1) is 20.3. The van der Waals surface area contributed by atoms with Crippen LogP contribution in [-0.2, 0) is 16.1 Å². The molecule has 1 fully saturated rings. The van der Waals surface area contributed by atoms with Gasteiger partial charge in [-0.3, -0.25) is 4.79 Å². The molecule has 0 aromatic heterocycles. The van der Waals surface area contributed by atoms with Crippen LogP contribution >= 0.6 is 0 Å². The monoisotopic (exact) mass is 361 g/mol. The van der Waals surface area contributed by atoms with Gasteiger partial charge in [-0.25, -0.2) is 4.79 Å². The Hall–Kier alpha value is -2.04. The lowest BCUT2D eigenvalue weighted by molar-refractivity contribution is -0.126. The first-order valence-electron chi connectivity index (χ1n) is 9.62. The summed E-state index contributed by atoms with van der Waals surface area (Å²) in [5, 5.41) is 3.02. The first-order valence-corrected chi connectivity index (χ1v) is 9.62. The highest BCUT2D eigenvalue weighted by molar-refractivity contribution is 5.92. The van der Waals surface area contributed by atoms with E-state index in [4.69, 9.17) is 9.47 Å². The van der Waals surface area contributed by atoms with Gasteiger partial charge >= 0.3 is 5.97 Å². The molecule has 1 amide bonds. The van der Waals surface area contributed by atoms with Gasteiger partial charge in [-0.15, -0.1) is 0 Å². The number of hydrogen-bond acceptors (Lipinski definition) is 4. The van der Waals surface area contributed by atoms with Crippen LogP contribution in [0.25, 0.3) is 0 Å². The van der Waals surface area contributed by atoms with Crippen LogP contribution in [0.5, 0.6) is 5.75 Å². The molecule has 26 heavy (non-hydrogen) atoms. The summed E-state index contributed by atoms with van der Waals surface area (Å²) in [5.74, 6) is 1.06. The van der Waals surface area contributed by atoms with Gasteiger partial charge in [0.05, 0.1) is 14.2 Å². The summed E-state index contributed by atoms with van der Waals surface area (Å²) in [6, 6.07) is 5.30. The molecule has 5 heteroatoms. The number of hydrogen-bond donors (Lipinski definition) is 1. The highest BCUT2D eigenvalue weighted by atomic mass is 16.5. The summed E-state index contributed by atoms with van der Waals surface area (Å²) < 4.78 is 9.98. The van der Waals surface area contributed by atoms with E-state index in [9.17, 15) is 9.59 Å². The fourth-order valence-electron chi connectivity index (χ4n) is 3.67. The van der Waals surface area contributed by atoms with Crippen molar-refractivity contribution in [3.05, 3.63) is 29.3 Å². The molecule has 5 nitrogen and oxygen atoms in total. The van der Waals surface area contributed by atoms with E-state index in [1.165, 1.54) is 33.5 Å². The van der Waals surface area contributed by atoms with E-state index in [1.54, 1.807) is 12.1 Å². The van der Waals surface area contributed by atoms with Gasteiger partial charge < -0.3 is 14.8 Å². The van der Waals surface area contributed by atoms with E-state index >= 15 is 0 Å². The fraction of sp³-hybridized carbons (Fsp3) is 0.619. The summed E-state index contributed by atoms with van der Waals surface area (Å²) in [6.07, 6.45) is 8.12. The van der Waals surface area contributed by atoms with Crippen LogP contribution in [0.2, 0.25) is 0 Å². The molecule has 1 aliphatic rings. The number of nitrogens with one attached hydrogen (secondary N) is 1. The molecule has 1 saturated carbocycles. The van der Waals surface area contributed by atoms with Crippen molar-refractivity contribution in [2.24, 2.45) is 11.8 Å². The Kier molecular flexibility index (Phi) is 7.95. The third-order valence-corrected chi connectivity index (χ3v) is 5.32. The van der Waals surface area contributed by atoms with Crippen LogP contribution in [0.3, 0.4) is 0 Å². The van der Waals surface area contributed by atoms with Crippen molar-refractivity contribution >= 4 is 11.9 Å². The lowest BCUT2D eigenvalue weighted by Crippen LogP contribution is -2.32. The Balaban J connectivity index is 1.87. The van der Waals surface area contributed by atoms with E-state index < -0.39 is 5.97 Å². The molecule has 144 valence electrons. The predicted molar refractivity (Wildman–Crippen MR) is 101 cm³/mol. The molecule has 0 spiro atoms. The average molecular weight is 361 g/mol. The van der Waals surface area contributed by atoms with Gasteiger partial charge in [0, 0.05) is 12.5 Å². The number of ether oxygens (including phenoxy) is 2. The van der Waals surface area contributed by atoms with E-state index in [2.05, 4.69) is 12.2 Å². The number of methoxy groups -OCH3 is 2. The predicted octanol–water partition coefficient (Wildman–Crippen LogP) is 4.09. The number of carbonyl (C=O) groups is 2. The van der Waals surface area contributed by atoms with Crippen molar-refractivity contribution in [3.63, 3.8) is 0 Å². The molecule has 0 atom stereocenters. The molecular formula is C21H31NO4. The third kappa shape index (κ3) is 5.48. The topological polar surface area (TPSA) is 64.6 Å². The summed E-state index contributed by atoms with van der Waals surface area (Å²) in [5.41, 5.74) is 1.23. The quantitative estimate of drug-likeness (QED) is 0.708. The third-order valence-electron chi connectivity index (χ3n) is 5.32. The van der Waals surface area contributed by atoms with Gasteiger partial charge in [0.15, 0.2) is 0 Å². The molecule has 1 N–H and O–H groups in total. The van der Waals surface area contributed by atoms with Gasteiger partial charge in [-0.2, -0.15) is 0 Å². The Bertz CT molecular complexity index is 606. The smallest absolute Gasteiger partial charge is 0.341 e. The largest absolute Gasteiger partial charge is 0.496 e. The normalized spacial score (nSPS) is 19.7. The minimum absolute atomic E-state index is 0.117. The van der Waals surface area contributed by atoms with Gasteiger partial charge in [-0.1, -0.05) is 32.3 Å². The zero-order chi connectivity index (χ0) is 18.9. The van der Waals surface area contributed by atoms with Crippen LogP contribution in [0.1, 0.15) is 67.8 Å². The highest BCUT2D eigenvalue weighted by Crippen LogP contribution is 2.32. The van der Waals surface area contributed by atoms with Crippen LogP contribution < -0.4 is 10.1 Å². The second-order valence-electron chi connectivity index (χ2n) is 7.10. The standard InChI is InChI=1S/C21H31NO4/c1-4-5-6-15-7-10-17(11-8-15)20(23)22-14-16-9-12-19(25-2)18(13-16)21(24)26-3/h9,12-13,15,17H,4-8,10-11,14H2,1-3H3,(H,22,23). The van der Waals surface area contributed by atoms with Crippen LogP contribution in [-0.4, -0.2) is 26.1 Å². The van der Waals surface area contributed by atoms with E-state index in [0.717, 1.165) is 37.2 Å². The summed E-state index contributed by atoms with van der Waals surface area (Å²) >= 11 is 0. The maximum Gasteiger partial charge on any atom is 0.341 e. The van der Waals surface area contributed by atoms with Crippen molar-refractivity contribution in [1.82, 2.24) is 5.32 Å². The van der Waals surface area contributed by atoms with Gasteiger partial charge in [0.1, 0.15) is 11.3 Å². The molecule has 2 rings (SSSR count). The van der Waals surface area contributed by atoms with Crippen LogP contribution in [0.4, 0.5) is 0 Å². The minimum atomic E-state index is -0.444. The lowest BCUT2D eigenvalue weighted by Gasteiger charge is -2.27. The zero-order valence-corrected chi connectivity index (χ0v) is 16.2. The molecule has 0 radical (unpaired) electrons. The van der Waals surface area contributed by atoms with Gasteiger partial charge in [0.25, 0.3) is 0 Å². The Morgan fingerprint density at radius 3 is 2.50 bits per heavy atom. The van der Waals surface area contributed by atoms with Crippen LogP contribution in [0.15, 0.2) is 18.2 Å². The molecule has 0 heterocycles. The number of unbranched alkanes of at least 4 members (excludes halogenated alkanes) is 1. The Morgan fingerprint density at radius 2 is 1.88 bits per heavy atom. The summed E-state index contributed by atoms with van der Waals surface area (Å²) in [6.45, 7) is 2.63. The van der Waals surface area contributed by atoms with E-state index in [1.807, 2.05) is 6.07 Å². The van der Waals surface area contributed by atoms with Crippen molar-refractivity contribution < 1.29 is 19.1 Å². The fourth-order valence-corrected chi connectivity index (χ4v) is 3.67. The number of carbonyl (C=O) groups excluding carboxylic acids is 2. The SMILES string of the molecule is CCCCC1CCC(C(=O)NCc2ccc(OC)c(C(=O)OC)c2)CC1. The van der Waals surface area contributed by atoms with Crippen molar-refractivity contribution in [1.29, 1.82) is 0 Å². The van der Waals surface area contributed by atoms with Gasteiger partial charge in [0.2, 0.25) is 5.91 Å². The molecule has 1 aromatic carbocycles. The maximum absolute atomic E-state index is 12.5. The summed E-state index contributed by atoms with van der Waals surface area (Å²) in [4.78, 5) is 24.3. The highest BCUT2D eigenvalue weighted by Gasteiger charge is 2.25. The van der Waals surface area contributed by atoms with Crippen molar-refractivity contribution in [2.75, 3.05) is 14.2 Å². The Morgan fingerprint density at radius 1 is 1.15 bits per heavy atom. The molecule has 0 unspecified atom stereocenters. The molecule has 0 aliphatic heterocycles.